The molecule has 0 spiro atoms. The van der Waals surface area contributed by atoms with Crippen molar-refractivity contribution in [3.05, 3.63) is 36.4 Å². The number of azo groups is 1. The van der Waals surface area contributed by atoms with Gasteiger partial charge in [0.1, 0.15) is 11.8 Å². The van der Waals surface area contributed by atoms with E-state index in [-0.39, 0.29) is 6.04 Å². The number of hydrogen-bond donors (Lipinski definition) is 0. The first-order chi connectivity index (χ1) is 8.20. The highest BCUT2D eigenvalue weighted by Gasteiger charge is 2.13. The van der Waals surface area contributed by atoms with E-state index < -0.39 is 0 Å². The SMILES string of the molecule is COC1=CCC(N=Nc2n(C)cc[n+]2C)C=C1. The van der Waals surface area contributed by atoms with Crippen molar-refractivity contribution >= 4 is 5.95 Å². The summed E-state index contributed by atoms with van der Waals surface area (Å²) in [6.45, 7) is 0. The number of aryl methyl sites for hydroxylation is 2. The molecule has 5 heteroatoms. The van der Waals surface area contributed by atoms with Gasteiger partial charge < -0.3 is 4.74 Å². The molecule has 90 valence electrons. The van der Waals surface area contributed by atoms with Crippen LogP contribution in [-0.4, -0.2) is 17.7 Å². The maximum absolute atomic E-state index is 5.12. The van der Waals surface area contributed by atoms with Crippen molar-refractivity contribution in [2.45, 2.75) is 12.5 Å². The van der Waals surface area contributed by atoms with Crippen LogP contribution in [0.5, 0.6) is 0 Å². The lowest BCUT2D eigenvalue weighted by atomic mass is 10.1. The first kappa shape index (κ1) is 11.6. The van der Waals surface area contributed by atoms with Crippen LogP contribution in [0, 0.1) is 0 Å². The van der Waals surface area contributed by atoms with Crippen molar-refractivity contribution in [1.82, 2.24) is 4.57 Å². The molecule has 0 N–H and O–H groups in total. The Morgan fingerprint density at radius 3 is 2.88 bits per heavy atom. The van der Waals surface area contributed by atoms with Gasteiger partial charge in [0, 0.05) is 5.11 Å². The maximum Gasteiger partial charge on any atom is 0.420 e. The van der Waals surface area contributed by atoms with Crippen molar-refractivity contribution < 1.29 is 9.30 Å². The zero-order valence-corrected chi connectivity index (χ0v) is 10.4. The number of allylic oxidation sites excluding steroid dienone is 1. The summed E-state index contributed by atoms with van der Waals surface area (Å²) in [7, 11) is 5.57. The molecule has 0 bridgehead atoms. The predicted octanol–water partition coefficient (Wildman–Crippen LogP) is 1.79. The molecule has 0 aromatic carbocycles. The largest absolute Gasteiger partial charge is 0.497 e. The third-order valence-electron chi connectivity index (χ3n) is 2.72. The van der Waals surface area contributed by atoms with Gasteiger partial charge in [0.2, 0.25) is 0 Å². The molecule has 0 amide bonds. The molecule has 1 atom stereocenters. The Morgan fingerprint density at radius 1 is 1.53 bits per heavy atom. The molecule has 17 heavy (non-hydrogen) atoms. The number of imidazole rings is 1. The molecule has 0 aliphatic heterocycles. The Bertz CT molecular complexity index is 465. The molecule has 1 aliphatic carbocycles. The zero-order chi connectivity index (χ0) is 12.3. The van der Waals surface area contributed by atoms with E-state index in [1.807, 2.05) is 53.9 Å². The molecule has 0 fully saturated rings. The maximum atomic E-state index is 5.12. The minimum absolute atomic E-state index is 0.101. The van der Waals surface area contributed by atoms with Gasteiger partial charge in [-0.15, -0.1) is 5.11 Å². The predicted molar refractivity (Wildman–Crippen MR) is 63.7 cm³/mol. The number of methoxy groups -OCH3 is 1. The Kier molecular flexibility index (Phi) is 3.37. The molecule has 5 nitrogen and oxygen atoms in total. The van der Waals surface area contributed by atoms with Crippen LogP contribution in [0.25, 0.3) is 0 Å². The third-order valence-corrected chi connectivity index (χ3v) is 2.72. The number of ether oxygens (including phenoxy) is 1. The van der Waals surface area contributed by atoms with E-state index in [2.05, 4.69) is 10.2 Å². The summed E-state index contributed by atoms with van der Waals surface area (Å²) >= 11 is 0. The normalized spacial score (nSPS) is 19.7. The van der Waals surface area contributed by atoms with Crippen molar-refractivity contribution in [1.29, 1.82) is 0 Å². The highest BCUT2D eigenvalue weighted by Crippen LogP contribution is 2.15. The molecule has 0 saturated heterocycles. The van der Waals surface area contributed by atoms with Crippen LogP contribution in [0.2, 0.25) is 0 Å². The van der Waals surface area contributed by atoms with Crippen LogP contribution in [0.1, 0.15) is 6.42 Å². The van der Waals surface area contributed by atoms with Gasteiger partial charge >= 0.3 is 5.95 Å². The van der Waals surface area contributed by atoms with E-state index in [0.29, 0.717) is 0 Å². The molecule has 0 saturated carbocycles. The van der Waals surface area contributed by atoms with Gasteiger partial charge in [0.15, 0.2) is 0 Å². The lowest BCUT2D eigenvalue weighted by molar-refractivity contribution is -0.657. The smallest absolute Gasteiger partial charge is 0.420 e. The second-order valence-corrected chi connectivity index (χ2v) is 4.01. The molecule has 0 radical (unpaired) electrons. The third kappa shape index (κ3) is 2.61. The highest BCUT2D eigenvalue weighted by molar-refractivity contribution is 5.20. The zero-order valence-electron chi connectivity index (χ0n) is 10.4. The van der Waals surface area contributed by atoms with E-state index in [9.17, 15) is 0 Å². The van der Waals surface area contributed by atoms with Gasteiger partial charge in [0.05, 0.1) is 33.6 Å². The van der Waals surface area contributed by atoms with Gasteiger partial charge in [-0.05, 0) is 18.6 Å². The molecule has 2 rings (SSSR count). The van der Waals surface area contributed by atoms with Crippen molar-refractivity contribution in [3.63, 3.8) is 0 Å². The van der Waals surface area contributed by atoms with Crippen LogP contribution < -0.4 is 4.57 Å². The average Bonchev–Trinajstić information content (AvgIpc) is 2.67. The summed E-state index contributed by atoms with van der Waals surface area (Å²) in [6.07, 6.45) is 10.7. The fraction of sp³-hybridized carbons (Fsp3) is 0.417. The monoisotopic (exact) mass is 233 g/mol. The second-order valence-electron chi connectivity index (χ2n) is 4.01. The standard InChI is InChI=1S/C12H17N4O/c1-15-8-9-16(2)12(15)14-13-10-4-6-11(17-3)7-5-10/h4,6-10H,5H2,1-3H3/q+1. The Balaban J connectivity index is 2.04. The van der Waals surface area contributed by atoms with Gasteiger partial charge in [-0.3, -0.25) is 0 Å². The Morgan fingerprint density at radius 2 is 2.35 bits per heavy atom. The van der Waals surface area contributed by atoms with Gasteiger partial charge in [0.25, 0.3) is 0 Å². The minimum atomic E-state index is 0.101. The summed E-state index contributed by atoms with van der Waals surface area (Å²) in [6, 6.07) is 0.101. The molecule has 1 heterocycles. The van der Waals surface area contributed by atoms with E-state index in [1.165, 1.54) is 0 Å². The number of aromatic nitrogens is 2. The van der Waals surface area contributed by atoms with Gasteiger partial charge in [-0.2, -0.15) is 0 Å². The Hall–Kier alpha value is -1.91. The first-order valence-electron chi connectivity index (χ1n) is 5.55. The number of nitrogens with zero attached hydrogens (tertiary/aromatic N) is 4. The van der Waals surface area contributed by atoms with E-state index in [0.717, 1.165) is 18.1 Å². The van der Waals surface area contributed by atoms with Crippen LogP contribution >= 0.6 is 0 Å². The fourth-order valence-electron chi connectivity index (χ4n) is 1.68. The molecule has 1 unspecified atom stereocenters. The van der Waals surface area contributed by atoms with Crippen LogP contribution in [-0.2, 0) is 18.8 Å². The number of hydrogen-bond acceptors (Lipinski definition) is 3. The number of rotatable bonds is 3. The summed E-state index contributed by atoms with van der Waals surface area (Å²) in [4.78, 5) is 0. The summed E-state index contributed by atoms with van der Waals surface area (Å²) < 4.78 is 9.00. The molecular formula is C12H17N4O+. The second kappa shape index (κ2) is 4.95. The van der Waals surface area contributed by atoms with E-state index in [4.69, 9.17) is 4.74 Å². The van der Waals surface area contributed by atoms with Crippen molar-refractivity contribution in [2.24, 2.45) is 24.3 Å². The molecule has 1 aromatic rings. The molecule has 1 aromatic heterocycles. The van der Waals surface area contributed by atoms with Gasteiger partial charge in [-0.1, -0.05) is 6.08 Å². The van der Waals surface area contributed by atoms with E-state index in [1.54, 1.807) is 7.11 Å². The Labute approximate surface area is 101 Å². The highest BCUT2D eigenvalue weighted by atomic mass is 16.5. The topological polar surface area (TPSA) is 42.8 Å². The summed E-state index contributed by atoms with van der Waals surface area (Å²) in [5.41, 5.74) is 0. The quantitative estimate of drug-likeness (QED) is 0.579. The van der Waals surface area contributed by atoms with Crippen LogP contribution in [0.3, 0.4) is 0 Å². The first-order valence-corrected chi connectivity index (χ1v) is 5.55. The van der Waals surface area contributed by atoms with E-state index >= 15 is 0 Å². The average molecular weight is 233 g/mol. The van der Waals surface area contributed by atoms with Crippen LogP contribution in [0.15, 0.2) is 46.6 Å². The lowest BCUT2D eigenvalue weighted by Crippen LogP contribution is -2.25. The summed E-state index contributed by atoms with van der Waals surface area (Å²) in [5.74, 6) is 1.72. The van der Waals surface area contributed by atoms with Gasteiger partial charge in [-0.25, -0.2) is 9.13 Å². The molecule has 1 aliphatic rings. The van der Waals surface area contributed by atoms with Crippen molar-refractivity contribution in [2.75, 3.05) is 7.11 Å². The summed E-state index contributed by atoms with van der Waals surface area (Å²) in [5, 5.41) is 8.58. The lowest BCUT2D eigenvalue weighted by Gasteiger charge is -2.08. The molecular weight excluding hydrogens is 216 g/mol. The minimum Gasteiger partial charge on any atom is -0.497 e. The fourth-order valence-corrected chi connectivity index (χ4v) is 1.68. The van der Waals surface area contributed by atoms with Crippen molar-refractivity contribution in [3.8, 4) is 0 Å². The van der Waals surface area contributed by atoms with Crippen LogP contribution in [0.4, 0.5) is 5.95 Å².